The minimum atomic E-state index is -0.656. The van der Waals surface area contributed by atoms with Crippen LogP contribution < -0.4 is 10.6 Å². The number of nitrogens with one attached hydrogen (secondary N) is 2. The number of benzene rings is 2. The van der Waals surface area contributed by atoms with E-state index in [1.165, 1.54) is 0 Å². The maximum atomic E-state index is 12.4. The molecule has 4 heteroatoms. The third-order valence-corrected chi connectivity index (χ3v) is 3.07. The van der Waals surface area contributed by atoms with Crippen LogP contribution in [0.15, 0.2) is 54.6 Å². The molecule has 2 aromatic carbocycles. The summed E-state index contributed by atoms with van der Waals surface area (Å²) in [5.74, 6) is -0.215. The van der Waals surface area contributed by atoms with Gasteiger partial charge in [0.15, 0.2) is 0 Å². The van der Waals surface area contributed by atoms with Gasteiger partial charge >= 0.3 is 0 Å². The maximum Gasteiger partial charge on any atom is 0.253 e. The summed E-state index contributed by atoms with van der Waals surface area (Å²) in [5.41, 5.74) is 1.54. The first-order chi connectivity index (χ1) is 10.0. The van der Waals surface area contributed by atoms with Crippen molar-refractivity contribution in [3.8, 4) is 0 Å². The number of carbonyl (C=O) groups is 1. The molecule has 0 saturated heterocycles. The summed E-state index contributed by atoms with van der Waals surface area (Å²) in [6, 6.07) is 17.0. The van der Waals surface area contributed by atoms with Crippen LogP contribution in [-0.2, 0) is 0 Å². The molecule has 0 unspecified atom stereocenters. The van der Waals surface area contributed by atoms with E-state index in [0.717, 1.165) is 11.4 Å². The van der Waals surface area contributed by atoms with Gasteiger partial charge in [-0.05, 0) is 38.1 Å². The van der Waals surface area contributed by atoms with E-state index in [9.17, 15) is 9.90 Å². The minimum Gasteiger partial charge on any atom is -0.394 e. The van der Waals surface area contributed by atoms with Gasteiger partial charge in [0.1, 0.15) is 0 Å². The first-order valence-corrected chi connectivity index (χ1v) is 6.86. The van der Waals surface area contributed by atoms with Gasteiger partial charge < -0.3 is 15.7 Å². The van der Waals surface area contributed by atoms with Gasteiger partial charge in [-0.3, -0.25) is 4.79 Å². The zero-order valence-electron chi connectivity index (χ0n) is 12.3. The molecule has 0 fully saturated rings. The van der Waals surface area contributed by atoms with Crippen molar-refractivity contribution in [3.05, 3.63) is 60.2 Å². The fraction of sp³-hybridized carbons (Fsp3) is 0.235. The number of aliphatic hydroxyl groups excluding tert-OH is 1. The van der Waals surface area contributed by atoms with Crippen molar-refractivity contribution in [2.24, 2.45) is 0 Å². The van der Waals surface area contributed by atoms with Crippen LogP contribution in [0.5, 0.6) is 0 Å². The van der Waals surface area contributed by atoms with E-state index in [4.69, 9.17) is 0 Å². The molecule has 0 atom stereocenters. The van der Waals surface area contributed by atoms with Crippen LogP contribution in [0.4, 0.5) is 11.4 Å². The molecule has 0 bridgehead atoms. The van der Waals surface area contributed by atoms with Gasteiger partial charge in [-0.2, -0.15) is 0 Å². The highest BCUT2D eigenvalue weighted by molar-refractivity contribution is 6.00. The highest BCUT2D eigenvalue weighted by Gasteiger charge is 2.21. The Hall–Kier alpha value is -2.33. The van der Waals surface area contributed by atoms with E-state index < -0.39 is 5.54 Å². The third-order valence-electron chi connectivity index (χ3n) is 3.07. The lowest BCUT2D eigenvalue weighted by atomic mass is 10.1. The normalized spacial score (nSPS) is 11.0. The number of hydrogen-bond acceptors (Lipinski definition) is 3. The monoisotopic (exact) mass is 284 g/mol. The summed E-state index contributed by atoms with van der Waals surface area (Å²) in [4.78, 5) is 12.4. The molecule has 0 aliphatic carbocycles. The molecular weight excluding hydrogens is 264 g/mol. The number of hydrogen-bond donors (Lipinski definition) is 3. The molecule has 2 aromatic rings. The number of aliphatic hydroxyl groups is 1. The molecule has 0 spiro atoms. The minimum absolute atomic E-state index is 0.118. The highest BCUT2D eigenvalue weighted by atomic mass is 16.3. The van der Waals surface area contributed by atoms with Gasteiger partial charge in [0, 0.05) is 5.69 Å². The lowest BCUT2D eigenvalue weighted by Crippen LogP contribution is -2.46. The van der Waals surface area contributed by atoms with E-state index in [-0.39, 0.29) is 12.5 Å². The summed E-state index contributed by atoms with van der Waals surface area (Å²) in [6.07, 6.45) is 0. The van der Waals surface area contributed by atoms with Crippen molar-refractivity contribution in [2.45, 2.75) is 19.4 Å². The van der Waals surface area contributed by atoms with E-state index in [1.807, 2.05) is 48.5 Å². The zero-order valence-corrected chi connectivity index (χ0v) is 12.3. The number of anilines is 2. The van der Waals surface area contributed by atoms with Gasteiger partial charge in [-0.25, -0.2) is 0 Å². The smallest absolute Gasteiger partial charge is 0.253 e. The number of rotatable bonds is 5. The Balaban J connectivity index is 2.23. The third kappa shape index (κ3) is 4.07. The lowest BCUT2D eigenvalue weighted by Gasteiger charge is -2.24. The van der Waals surface area contributed by atoms with Crippen molar-refractivity contribution < 1.29 is 9.90 Å². The molecule has 0 aliphatic heterocycles. The van der Waals surface area contributed by atoms with E-state index in [1.54, 1.807) is 19.9 Å². The van der Waals surface area contributed by atoms with E-state index in [0.29, 0.717) is 5.56 Å². The Bertz CT molecular complexity index is 609. The van der Waals surface area contributed by atoms with E-state index >= 15 is 0 Å². The molecule has 110 valence electrons. The summed E-state index contributed by atoms with van der Waals surface area (Å²) >= 11 is 0. The lowest BCUT2D eigenvalue weighted by molar-refractivity contribution is 0.0870. The molecule has 0 aromatic heterocycles. The van der Waals surface area contributed by atoms with Crippen LogP contribution in [0.25, 0.3) is 0 Å². The first-order valence-electron chi connectivity index (χ1n) is 6.86. The van der Waals surface area contributed by atoms with Crippen molar-refractivity contribution in [1.82, 2.24) is 5.32 Å². The van der Waals surface area contributed by atoms with Crippen LogP contribution in [0.3, 0.4) is 0 Å². The van der Waals surface area contributed by atoms with Crippen molar-refractivity contribution >= 4 is 17.3 Å². The Kier molecular flexibility index (Phi) is 4.60. The molecule has 0 radical (unpaired) electrons. The van der Waals surface area contributed by atoms with Crippen LogP contribution in [0.1, 0.15) is 24.2 Å². The van der Waals surface area contributed by atoms with Gasteiger partial charge in [0.05, 0.1) is 23.4 Å². The predicted molar refractivity (Wildman–Crippen MR) is 84.8 cm³/mol. The average Bonchev–Trinajstić information content (AvgIpc) is 2.48. The second-order valence-corrected chi connectivity index (χ2v) is 5.53. The van der Waals surface area contributed by atoms with Crippen molar-refractivity contribution in [1.29, 1.82) is 0 Å². The Morgan fingerprint density at radius 3 is 2.33 bits per heavy atom. The molecule has 0 aliphatic rings. The van der Waals surface area contributed by atoms with Gasteiger partial charge in [0.25, 0.3) is 5.91 Å². The molecule has 3 N–H and O–H groups in total. The number of carbonyl (C=O) groups excluding carboxylic acids is 1. The topological polar surface area (TPSA) is 61.4 Å². The molecule has 2 rings (SSSR count). The maximum absolute atomic E-state index is 12.4. The van der Waals surface area contributed by atoms with Gasteiger partial charge in [0.2, 0.25) is 0 Å². The summed E-state index contributed by atoms with van der Waals surface area (Å²) in [5, 5.41) is 15.3. The van der Waals surface area contributed by atoms with Gasteiger partial charge in [-0.15, -0.1) is 0 Å². The molecule has 0 heterocycles. The standard InChI is InChI=1S/C17H20N2O2/c1-17(2,12-20)19-16(21)14-10-6-7-11-15(14)18-13-8-4-3-5-9-13/h3-11,18,20H,12H2,1-2H3,(H,19,21). The number of para-hydroxylation sites is 2. The zero-order chi connectivity index (χ0) is 15.3. The summed E-state index contributed by atoms with van der Waals surface area (Å²) in [6.45, 7) is 3.43. The fourth-order valence-electron chi connectivity index (χ4n) is 1.88. The second kappa shape index (κ2) is 6.41. The van der Waals surface area contributed by atoms with E-state index in [2.05, 4.69) is 10.6 Å². The fourth-order valence-corrected chi connectivity index (χ4v) is 1.88. The summed E-state index contributed by atoms with van der Waals surface area (Å²) in [7, 11) is 0. The SMILES string of the molecule is CC(C)(CO)NC(=O)c1ccccc1Nc1ccccc1. The second-order valence-electron chi connectivity index (χ2n) is 5.53. The van der Waals surface area contributed by atoms with Gasteiger partial charge in [-0.1, -0.05) is 30.3 Å². The quantitative estimate of drug-likeness (QED) is 0.791. The largest absolute Gasteiger partial charge is 0.394 e. The number of amides is 1. The Labute approximate surface area is 124 Å². The molecule has 4 nitrogen and oxygen atoms in total. The average molecular weight is 284 g/mol. The van der Waals surface area contributed by atoms with Crippen LogP contribution in [-0.4, -0.2) is 23.2 Å². The van der Waals surface area contributed by atoms with Crippen LogP contribution >= 0.6 is 0 Å². The van der Waals surface area contributed by atoms with Crippen molar-refractivity contribution in [2.75, 3.05) is 11.9 Å². The molecule has 1 amide bonds. The van der Waals surface area contributed by atoms with Crippen LogP contribution in [0, 0.1) is 0 Å². The summed E-state index contributed by atoms with van der Waals surface area (Å²) < 4.78 is 0. The molecule has 0 saturated carbocycles. The predicted octanol–water partition coefficient (Wildman–Crippen LogP) is 2.93. The van der Waals surface area contributed by atoms with Crippen molar-refractivity contribution in [3.63, 3.8) is 0 Å². The Morgan fingerprint density at radius 1 is 1.05 bits per heavy atom. The molecule has 21 heavy (non-hydrogen) atoms. The highest BCUT2D eigenvalue weighted by Crippen LogP contribution is 2.21. The Morgan fingerprint density at radius 2 is 1.67 bits per heavy atom. The first kappa shape index (κ1) is 15.1. The van der Waals surface area contributed by atoms with Crippen LogP contribution in [0.2, 0.25) is 0 Å². The molecular formula is C17H20N2O2.